The Kier molecular flexibility index (Phi) is 7.02. The van der Waals surface area contributed by atoms with Gasteiger partial charge in [-0.15, -0.1) is 0 Å². The lowest BCUT2D eigenvalue weighted by molar-refractivity contribution is -0.126. The van der Waals surface area contributed by atoms with E-state index in [0.29, 0.717) is 36.7 Å². The second kappa shape index (κ2) is 10.7. The molecule has 1 aliphatic rings. The Morgan fingerprint density at radius 3 is 2.51 bits per heavy atom. The first kappa shape index (κ1) is 24.3. The molecule has 0 unspecified atom stereocenters. The number of nitrogens with zero attached hydrogens (tertiary/aromatic N) is 4. The van der Waals surface area contributed by atoms with Gasteiger partial charge in [-0.3, -0.25) is 9.59 Å². The van der Waals surface area contributed by atoms with Crippen LogP contribution in [-0.4, -0.2) is 51.3 Å². The van der Waals surface area contributed by atoms with Gasteiger partial charge in [0.05, 0.1) is 24.9 Å². The van der Waals surface area contributed by atoms with Crippen LogP contribution in [0.4, 0.5) is 4.39 Å². The average molecular weight is 502 g/mol. The first-order chi connectivity index (χ1) is 18.0. The Morgan fingerprint density at radius 1 is 1.08 bits per heavy atom. The van der Waals surface area contributed by atoms with E-state index < -0.39 is 0 Å². The maximum Gasteiger partial charge on any atom is 0.259 e. The van der Waals surface area contributed by atoms with Crippen LogP contribution in [0.5, 0.6) is 5.75 Å². The van der Waals surface area contributed by atoms with E-state index in [2.05, 4.69) is 10.4 Å². The predicted molar refractivity (Wildman–Crippen MR) is 136 cm³/mol. The van der Waals surface area contributed by atoms with Gasteiger partial charge in [0.15, 0.2) is 5.82 Å². The van der Waals surface area contributed by atoms with Crippen molar-refractivity contribution in [3.8, 4) is 17.3 Å². The highest BCUT2D eigenvalue weighted by Gasteiger charge is 2.31. The van der Waals surface area contributed by atoms with Crippen LogP contribution in [0.1, 0.15) is 28.8 Å². The third-order valence-corrected chi connectivity index (χ3v) is 6.60. The maximum atomic E-state index is 13.7. The fourth-order valence-corrected chi connectivity index (χ4v) is 4.61. The highest BCUT2D eigenvalue weighted by atomic mass is 19.1. The Hall–Kier alpha value is -4.40. The van der Waals surface area contributed by atoms with E-state index >= 15 is 0 Å². The van der Waals surface area contributed by atoms with Crippen molar-refractivity contribution in [1.82, 2.24) is 24.6 Å². The van der Waals surface area contributed by atoms with Gasteiger partial charge >= 0.3 is 0 Å². The number of methoxy groups -OCH3 is 1. The summed E-state index contributed by atoms with van der Waals surface area (Å²) in [6.45, 7) is 1.31. The van der Waals surface area contributed by atoms with Crippen LogP contribution in [0.15, 0.2) is 79.3 Å². The Morgan fingerprint density at radius 2 is 1.81 bits per heavy atom. The zero-order chi connectivity index (χ0) is 25.8. The van der Waals surface area contributed by atoms with E-state index in [0.717, 1.165) is 24.2 Å². The van der Waals surface area contributed by atoms with Gasteiger partial charge in [0.1, 0.15) is 17.1 Å². The average Bonchev–Trinajstić information content (AvgIpc) is 3.62. The topological polar surface area (TPSA) is 81.4 Å². The van der Waals surface area contributed by atoms with E-state index in [1.54, 1.807) is 28.8 Å². The number of hydrogen-bond donors (Lipinski definition) is 1. The molecule has 1 N–H and O–H groups in total. The molecule has 1 aliphatic heterocycles. The minimum Gasteiger partial charge on any atom is -0.497 e. The molecule has 5 rings (SSSR count). The number of carbonyl (C=O) groups is 2. The molecule has 190 valence electrons. The van der Waals surface area contributed by atoms with Gasteiger partial charge in [-0.05, 0) is 66.9 Å². The molecular weight excluding hydrogens is 473 g/mol. The molecule has 2 aromatic heterocycles. The third-order valence-electron chi connectivity index (χ3n) is 6.60. The van der Waals surface area contributed by atoms with E-state index in [4.69, 9.17) is 4.74 Å². The number of aromatic nitrogens is 3. The molecule has 3 heterocycles. The molecule has 1 atom stereocenters. The molecular formula is C28H28FN5O3. The summed E-state index contributed by atoms with van der Waals surface area (Å²) in [5.41, 5.74) is 2.03. The van der Waals surface area contributed by atoms with Crippen molar-refractivity contribution in [3.63, 3.8) is 0 Å². The Labute approximate surface area is 214 Å². The lowest BCUT2D eigenvalue weighted by Gasteiger charge is -2.32. The Bertz CT molecular complexity index is 1360. The van der Waals surface area contributed by atoms with Crippen molar-refractivity contribution in [2.45, 2.75) is 19.4 Å². The summed E-state index contributed by atoms with van der Waals surface area (Å²) in [6, 6.07) is 17.2. The lowest BCUT2D eigenvalue weighted by Crippen LogP contribution is -2.45. The van der Waals surface area contributed by atoms with Gasteiger partial charge in [-0.2, -0.15) is 5.10 Å². The summed E-state index contributed by atoms with van der Waals surface area (Å²) in [4.78, 5) is 28.3. The fraction of sp³-hybridized carbons (Fsp3) is 0.250. The molecule has 0 radical (unpaired) electrons. The summed E-state index contributed by atoms with van der Waals surface area (Å²) >= 11 is 0. The van der Waals surface area contributed by atoms with Gasteiger partial charge in [-0.25, -0.2) is 9.07 Å². The molecule has 37 heavy (non-hydrogen) atoms. The van der Waals surface area contributed by atoms with Crippen LogP contribution in [0.25, 0.3) is 11.5 Å². The number of piperidine rings is 1. The normalized spacial score (nSPS) is 15.4. The summed E-state index contributed by atoms with van der Waals surface area (Å²) in [6.07, 6.45) is 6.65. The molecule has 2 aromatic carbocycles. The largest absolute Gasteiger partial charge is 0.497 e. The van der Waals surface area contributed by atoms with E-state index in [1.165, 1.54) is 18.3 Å². The lowest BCUT2D eigenvalue weighted by atomic mass is 9.96. The van der Waals surface area contributed by atoms with Crippen LogP contribution in [0, 0.1) is 11.7 Å². The molecule has 0 saturated carbocycles. The zero-order valence-corrected chi connectivity index (χ0v) is 20.5. The number of halogens is 1. The van der Waals surface area contributed by atoms with Crippen LogP contribution >= 0.6 is 0 Å². The van der Waals surface area contributed by atoms with Crippen molar-refractivity contribution in [1.29, 1.82) is 0 Å². The van der Waals surface area contributed by atoms with E-state index in [-0.39, 0.29) is 23.5 Å². The molecule has 4 aromatic rings. The number of amides is 2. The zero-order valence-electron chi connectivity index (χ0n) is 20.5. The molecule has 0 bridgehead atoms. The summed E-state index contributed by atoms with van der Waals surface area (Å²) in [5.74, 6) is 0.425. The van der Waals surface area contributed by atoms with Gasteiger partial charge in [0, 0.05) is 32.0 Å². The number of benzene rings is 2. The first-order valence-electron chi connectivity index (χ1n) is 12.2. The van der Waals surface area contributed by atoms with Crippen molar-refractivity contribution < 1.29 is 18.7 Å². The van der Waals surface area contributed by atoms with Crippen molar-refractivity contribution in [2.75, 3.05) is 20.2 Å². The number of carbonyl (C=O) groups excluding carboxylic acids is 2. The van der Waals surface area contributed by atoms with Gasteiger partial charge in [-0.1, -0.05) is 12.1 Å². The molecule has 1 saturated heterocycles. The SMILES string of the molecule is COc1ccc(CNC(=O)[C@@H]2CCCN(C(=O)c3cnn(-c4ccc(F)cc4)c3-n3cccc3)C2)cc1. The fourth-order valence-electron chi connectivity index (χ4n) is 4.61. The smallest absolute Gasteiger partial charge is 0.259 e. The first-order valence-corrected chi connectivity index (χ1v) is 12.2. The van der Waals surface area contributed by atoms with Crippen LogP contribution in [-0.2, 0) is 11.3 Å². The quantitative estimate of drug-likeness (QED) is 0.415. The number of likely N-dealkylation sites (tertiary alicyclic amines) is 1. The van der Waals surface area contributed by atoms with Crippen molar-refractivity contribution in [2.24, 2.45) is 5.92 Å². The highest BCUT2D eigenvalue weighted by molar-refractivity contribution is 5.97. The third kappa shape index (κ3) is 5.25. The molecule has 2 amide bonds. The summed E-state index contributed by atoms with van der Waals surface area (Å²) in [7, 11) is 1.61. The second-order valence-corrected chi connectivity index (χ2v) is 9.02. The van der Waals surface area contributed by atoms with Crippen LogP contribution in [0.3, 0.4) is 0 Å². The Balaban J connectivity index is 1.32. The summed E-state index contributed by atoms with van der Waals surface area (Å²) < 4.78 is 22.1. The number of ether oxygens (including phenoxy) is 1. The van der Waals surface area contributed by atoms with E-state index in [1.807, 2.05) is 53.4 Å². The van der Waals surface area contributed by atoms with Crippen LogP contribution < -0.4 is 10.1 Å². The standard InChI is InChI=1S/C28H28FN5O3/c1-37-24-12-6-20(7-13-24)17-30-26(35)21-5-4-16-33(19-21)28(36)25-18-31-34(23-10-8-22(29)9-11-23)27(25)32-14-2-3-15-32/h2-3,6-15,18,21H,4-5,16-17,19H2,1H3,(H,30,35)/t21-/m1/s1. The van der Waals surface area contributed by atoms with Crippen LogP contribution in [0.2, 0.25) is 0 Å². The molecule has 0 spiro atoms. The molecule has 1 fully saturated rings. The minimum absolute atomic E-state index is 0.0686. The number of rotatable bonds is 7. The van der Waals surface area contributed by atoms with Gasteiger partial charge in [0.2, 0.25) is 5.91 Å². The second-order valence-electron chi connectivity index (χ2n) is 9.02. The molecule has 9 heteroatoms. The van der Waals surface area contributed by atoms with Gasteiger partial charge in [0.25, 0.3) is 5.91 Å². The summed E-state index contributed by atoms with van der Waals surface area (Å²) in [5, 5.41) is 7.46. The van der Waals surface area contributed by atoms with Crippen molar-refractivity contribution in [3.05, 3.63) is 96.2 Å². The van der Waals surface area contributed by atoms with E-state index in [9.17, 15) is 14.0 Å². The monoisotopic (exact) mass is 501 g/mol. The molecule has 0 aliphatic carbocycles. The van der Waals surface area contributed by atoms with Crippen molar-refractivity contribution >= 4 is 11.8 Å². The molecule has 8 nitrogen and oxygen atoms in total. The highest BCUT2D eigenvalue weighted by Crippen LogP contribution is 2.25. The van der Waals surface area contributed by atoms with Gasteiger partial charge < -0.3 is 19.5 Å². The number of nitrogens with one attached hydrogen (secondary N) is 1. The predicted octanol–water partition coefficient (Wildman–Crippen LogP) is 3.98. The number of hydrogen-bond acceptors (Lipinski definition) is 4. The minimum atomic E-state index is -0.348. The maximum absolute atomic E-state index is 13.7.